The van der Waals surface area contributed by atoms with Crippen LogP contribution in [0, 0.1) is 6.92 Å². The lowest BCUT2D eigenvalue weighted by Gasteiger charge is -2.11. The summed E-state index contributed by atoms with van der Waals surface area (Å²) in [5, 5.41) is 21.4. The number of ether oxygens (including phenoxy) is 1. The van der Waals surface area contributed by atoms with Crippen molar-refractivity contribution in [1.82, 2.24) is 5.32 Å². The van der Waals surface area contributed by atoms with Crippen LogP contribution in [0.15, 0.2) is 21.3 Å². The summed E-state index contributed by atoms with van der Waals surface area (Å²) in [7, 11) is 1.46. The normalized spacial score (nSPS) is 12.2. The number of methoxy groups -OCH3 is 1. The molecule has 130 valence electrons. The molecular weight excluding hydrogens is 338 g/mol. The van der Waals surface area contributed by atoms with E-state index in [0.29, 0.717) is 27.3 Å². The van der Waals surface area contributed by atoms with Gasteiger partial charge < -0.3 is 24.7 Å². The van der Waals surface area contributed by atoms with E-state index in [9.17, 15) is 14.7 Å². The Morgan fingerprint density at radius 2 is 2.17 bits per heavy atom. The van der Waals surface area contributed by atoms with Gasteiger partial charge in [0.15, 0.2) is 0 Å². The molecule has 8 heteroatoms. The number of fused-ring (bicyclic) bond motifs is 1. The maximum Gasteiger partial charge on any atom is 0.340 e. The van der Waals surface area contributed by atoms with Gasteiger partial charge in [0.1, 0.15) is 11.3 Å². The Balaban J connectivity index is 2.34. The molecule has 0 radical (unpaired) electrons. The van der Waals surface area contributed by atoms with Crippen LogP contribution in [-0.4, -0.2) is 42.5 Å². The zero-order valence-corrected chi connectivity index (χ0v) is 14.0. The highest BCUT2D eigenvalue weighted by molar-refractivity contribution is 6.32. The Labute approximate surface area is 142 Å². The molecule has 1 atom stereocenters. The Morgan fingerprint density at radius 1 is 1.46 bits per heavy atom. The van der Waals surface area contributed by atoms with Crippen molar-refractivity contribution < 1.29 is 24.2 Å². The molecule has 3 N–H and O–H groups in total. The van der Waals surface area contributed by atoms with Crippen LogP contribution in [0.4, 0.5) is 0 Å². The van der Waals surface area contributed by atoms with Crippen LogP contribution < -0.4 is 15.7 Å². The van der Waals surface area contributed by atoms with Crippen molar-refractivity contribution in [3.8, 4) is 5.75 Å². The molecule has 2 rings (SSSR count). The van der Waals surface area contributed by atoms with Crippen molar-refractivity contribution in [1.29, 1.82) is 0 Å². The van der Waals surface area contributed by atoms with E-state index in [-0.39, 0.29) is 18.5 Å². The Morgan fingerprint density at radius 3 is 2.79 bits per heavy atom. The minimum Gasteiger partial charge on any atom is -0.495 e. The second kappa shape index (κ2) is 7.65. The number of benzene rings is 1. The van der Waals surface area contributed by atoms with Crippen LogP contribution in [-0.2, 0) is 11.2 Å². The minimum atomic E-state index is -1.05. The van der Waals surface area contributed by atoms with Crippen molar-refractivity contribution in [2.75, 3.05) is 20.3 Å². The number of aryl methyl sites for hydroxylation is 1. The van der Waals surface area contributed by atoms with Crippen molar-refractivity contribution in [2.45, 2.75) is 19.4 Å². The third kappa shape index (κ3) is 3.87. The molecular formula is C16H18ClNO6. The standard InChI is InChI=1S/C16H18ClNO6/c1-8-10-3-12(17)14(23-2)5-13(10)24-16(22)11(8)4-15(21)18-6-9(20)7-19/h3,5,9,19-20H,4,6-7H2,1-2H3,(H,18,21)/t9-/m0/s1. The molecule has 0 aliphatic carbocycles. The number of amides is 1. The molecule has 2 aromatic rings. The van der Waals surface area contributed by atoms with Gasteiger partial charge in [0.2, 0.25) is 5.91 Å². The first-order chi connectivity index (χ1) is 11.4. The number of hydrogen-bond acceptors (Lipinski definition) is 6. The van der Waals surface area contributed by atoms with Crippen LogP contribution >= 0.6 is 11.6 Å². The van der Waals surface area contributed by atoms with E-state index in [1.54, 1.807) is 13.0 Å². The smallest absolute Gasteiger partial charge is 0.340 e. The second-order valence-electron chi connectivity index (χ2n) is 5.29. The van der Waals surface area contributed by atoms with Gasteiger partial charge in [-0.05, 0) is 18.6 Å². The van der Waals surface area contributed by atoms with Crippen LogP contribution in [0.5, 0.6) is 5.75 Å². The number of aliphatic hydroxyl groups excluding tert-OH is 2. The van der Waals surface area contributed by atoms with Gasteiger partial charge in [-0.25, -0.2) is 4.79 Å². The predicted octanol–water partition coefficient (Wildman–Crippen LogP) is 0.775. The molecule has 0 saturated carbocycles. The Bertz CT molecular complexity index is 816. The lowest BCUT2D eigenvalue weighted by Crippen LogP contribution is -2.35. The van der Waals surface area contributed by atoms with Crippen LogP contribution in [0.1, 0.15) is 11.1 Å². The highest BCUT2D eigenvalue weighted by Gasteiger charge is 2.17. The maximum absolute atomic E-state index is 12.2. The SMILES string of the molecule is COc1cc2oc(=O)c(CC(=O)NC[C@H](O)CO)c(C)c2cc1Cl. The zero-order chi connectivity index (χ0) is 17.9. The number of rotatable bonds is 6. The second-order valence-corrected chi connectivity index (χ2v) is 5.70. The minimum absolute atomic E-state index is 0.101. The molecule has 0 aliphatic heterocycles. The number of carbonyl (C=O) groups is 1. The van der Waals surface area contributed by atoms with E-state index in [1.807, 2.05) is 0 Å². The van der Waals surface area contributed by atoms with Gasteiger partial charge in [-0.2, -0.15) is 0 Å². The molecule has 0 fully saturated rings. The fraction of sp³-hybridized carbons (Fsp3) is 0.375. The van der Waals surface area contributed by atoms with Gasteiger partial charge in [-0.15, -0.1) is 0 Å². The van der Waals surface area contributed by atoms with Gasteiger partial charge in [-0.3, -0.25) is 4.79 Å². The highest BCUT2D eigenvalue weighted by Crippen LogP contribution is 2.31. The van der Waals surface area contributed by atoms with Crippen molar-refractivity contribution >= 4 is 28.5 Å². The van der Waals surface area contributed by atoms with E-state index in [0.717, 1.165) is 0 Å². The maximum atomic E-state index is 12.2. The number of nitrogens with one attached hydrogen (secondary N) is 1. The fourth-order valence-electron chi connectivity index (χ4n) is 2.27. The number of carbonyl (C=O) groups excluding carboxylic acids is 1. The quantitative estimate of drug-likeness (QED) is 0.660. The topological polar surface area (TPSA) is 109 Å². The first-order valence-electron chi connectivity index (χ1n) is 7.22. The van der Waals surface area contributed by atoms with Crippen molar-refractivity contribution in [2.24, 2.45) is 0 Å². The van der Waals surface area contributed by atoms with E-state index in [2.05, 4.69) is 5.32 Å². The van der Waals surface area contributed by atoms with Gasteiger partial charge in [0, 0.05) is 18.0 Å². The third-order valence-corrected chi connectivity index (χ3v) is 3.94. The fourth-order valence-corrected chi connectivity index (χ4v) is 2.51. The van der Waals surface area contributed by atoms with Crippen LogP contribution in [0.2, 0.25) is 5.02 Å². The summed E-state index contributed by atoms with van der Waals surface area (Å²) in [6.07, 6.45) is -1.25. The van der Waals surface area contributed by atoms with E-state index in [4.69, 9.17) is 25.9 Å². The summed E-state index contributed by atoms with van der Waals surface area (Å²) >= 11 is 6.10. The van der Waals surface area contributed by atoms with E-state index >= 15 is 0 Å². The largest absolute Gasteiger partial charge is 0.495 e. The van der Waals surface area contributed by atoms with Gasteiger partial charge in [0.25, 0.3) is 0 Å². The van der Waals surface area contributed by atoms with Crippen LogP contribution in [0.25, 0.3) is 11.0 Å². The summed E-state index contributed by atoms with van der Waals surface area (Å²) in [5.41, 5.74) is 0.490. The van der Waals surface area contributed by atoms with E-state index in [1.165, 1.54) is 13.2 Å². The lowest BCUT2D eigenvalue weighted by atomic mass is 10.0. The monoisotopic (exact) mass is 355 g/mol. The van der Waals surface area contributed by atoms with Gasteiger partial charge in [0.05, 0.1) is 36.8 Å². The summed E-state index contributed by atoms with van der Waals surface area (Å²) in [4.78, 5) is 24.1. The zero-order valence-electron chi connectivity index (χ0n) is 13.3. The average molecular weight is 356 g/mol. The molecule has 1 aromatic heterocycles. The van der Waals surface area contributed by atoms with Crippen LogP contribution in [0.3, 0.4) is 0 Å². The molecule has 1 heterocycles. The molecule has 1 amide bonds. The summed E-state index contributed by atoms with van der Waals surface area (Å²) < 4.78 is 10.3. The molecule has 0 spiro atoms. The summed E-state index contributed by atoms with van der Waals surface area (Å²) in [5.74, 6) is -0.0768. The molecule has 24 heavy (non-hydrogen) atoms. The predicted molar refractivity (Wildman–Crippen MR) is 88.6 cm³/mol. The highest BCUT2D eigenvalue weighted by atomic mass is 35.5. The van der Waals surface area contributed by atoms with Gasteiger partial charge in [-0.1, -0.05) is 11.6 Å². The lowest BCUT2D eigenvalue weighted by molar-refractivity contribution is -0.121. The Kier molecular flexibility index (Phi) is 5.82. The molecule has 0 saturated heterocycles. The third-order valence-electron chi connectivity index (χ3n) is 3.64. The average Bonchev–Trinajstić information content (AvgIpc) is 2.56. The first kappa shape index (κ1) is 18.3. The molecule has 7 nitrogen and oxygen atoms in total. The molecule has 1 aromatic carbocycles. The van der Waals surface area contributed by atoms with Crippen molar-refractivity contribution in [3.05, 3.63) is 38.7 Å². The summed E-state index contributed by atoms with van der Waals surface area (Å²) in [6, 6.07) is 3.14. The first-order valence-corrected chi connectivity index (χ1v) is 7.60. The number of aliphatic hydroxyl groups is 2. The number of halogens is 1. The molecule has 0 aliphatic rings. The van der Waals surface area contributed by atoms with Gasteiger partial charge >= 0.3 is 5.63 Å². The molecule has 0 unspecified atom stereocenters. The summed E-state index contributed by atoms with van der Waals surface area (Å²) in [6.45, 7) is 1.14. The van der Waals surface area contributed by atoms with E-state index < -0.39 is 24.2 Å². The number of hydrogen-bond donors (Lipinski definition) is 3. The Hall–Kier alpha value is -2.09. The molecule has 0 bridgehead atoms. The van der Waals surface area contributed by atoms with Crippen molar-refractivity contribution in [3.63, 3.8) is 0 Å².